The van der Waals surface area contributed by atoms with Crippen LogP contribution in [0.1, 0.15) is 26.2 Å². The lowest BCUT2D eigenvalue weighted by atomic mass is 9.85. The van der Waals surface area contributed by atoms with Crippen LogP contribution in [0.5, 0.6) is 0 Å². The SMILES string of the molecule is CC1(C(O)N2CCCCC2)COC1. The van der Waals surface area contributed by atoms with Crippen molar-refractivity contribution in [1.82, 2.24) is 4.90 Å². The molecule has 0 aromatic heterocycles. The smallest absolute Gasteiger partial charge is 0.117 e. The van der Waals surface area contributed by atoms with Crippen molar-refractivity contribution in [1.29, 1.82) is 0 Å². The van der Waals surface area contributed by atoms with Gasteiger partial charge in [0.25, 0.3) is 0 Å². The quantitative estimate of drug-likeness (QED) is 0.691. The van der Waals surface area contributed by atoms with Gasteiger partial charge in [-0.1, -0.05) is 13.3 Å². The first-order chi connectivity index (χ1) is 6.22. The number of aliphatic hydroxyl groups is 1. The van der Waals surface area contributed by atoms with Crippen molar-refractivity contribution in [3.05, 3.63) is 0 Å². The van der Waals surface area contributed by atoms with Gasteiger partial charge in [-0.25, -0.2) is 0 Å². The fourth-order valence-corrected chi connectivity index (χ4v) is 2.18. The number of rotatable bonds is 2. The molecule has 3 heteroatoms. The van der Waals surface area contributed by atoms with Gasteiger partial charge in [0.1, 0.15) is 6.23 Å². The number of hydrogen-bond acceptors (Lipinski definition) is 3. The molecule has 13 heavy (non-hydrogen) atoms. The molecule has 1 atom stereocenters. The summed E-state index contributed by atoms with van der Waals surface area (Å²) in [5, 5.41) is 10.1. The van der Waals surface area contributed by atoms with E-state index in [1.807, 2.05) is 0 Å². The number of piperidine rings is 1. The highest BCUT2D eigenvalue weighted by atomic mass is 16.5. The summed E-state index contributed by atoms with van der Waals surface area (Å²) in [5.74, 6) is 0. The molecule has 1 N–H and O–H groups in total. The van der Waals surface area contributed by atoms with E-state index in [-0.39, 0.29) is 11.6 Å². The second kappa shape index (κ2) is 3.56. The largest absolute Gasteiger partial charge is 0.380 e. The van der Waals surface area contributed by atoms with Crippen molar-refractivity contribution in [3.8, 4) is 0 Å². The Kier molecular flexibility index (Phi) is 2.58. The van der Waals surface area contributed by atoms with E-state index in [1.54, 1.807) is 0 Å². The Morgan fingerprint density at radius 1 is 1.23 bits per heavy atom. The van der Waals surface area contributed by atoms with Crippen LogP contribution in [0.2, 0.25) is 0 Å². The Morgan fingerprint density at radius 3 is 2.31 bits per heavy atom. The molecule has 0 aromatic carbocycles. The number of ether oxygens (including phenoxy) is 1. The van der Waals surface area contributed by atoms with Gasteiger partial charge < -0.3 is 9.84 Å². The lowest BCUT2D eigenvalue weighted by Gasteiger charge is -2.47. The van der Waals surface area contributed by atoms with E-state index >= 15 is 0 Å². The third-order valence-corrected chi connectivity index (χ3v) is 3.22. The molecule has 0 radical (unpaired) electrons. The molecular formula is C10H19NO2. The van der Waals surface area contributed by atoms with Gasteiger partial charge in [-0.2, -0.15) is 0 Å². The molecule has 0 aromatic rings. The minimum atomic E-state index is -0.290. The van der Waals surface area contributed by atoms with Crippen LogP contribution < -0.4 is 0 Å². The van der Waals surface area contributed by atoms with Crippen LogP contribution in [-0.2, 0) is 4.74 Å². The van der Waals surface area contributed by atoms with Crippen LogP contribution in [0, 0.1) is 5.41 Å². The summed E-state index contributed by atoms with van der Waals surface area (Å²) in [4.78, 5) is 2.20. The maximum absolute atomic E-state index is 10.1. The standard InChI is InChI=1S/C10H19NO2/c1-10(7-13-8-10)9(12)11-5-3-2-4-6-11/h9,12H,2-8H2,1H3. The summed E-state index contributed by atoms with van der Waals surface area (Å²) >= 11 is 0. The summed E-state index contributed by atoms with van der Waals surface area (Å²) in [6, 6.07) is 0. The van der Waals surface area contributed by atoms with Crippen LogP contribution in [-0.4, -0.2) is 42.5 Å². The molecule has 76 valence electrons. The van der Waals surface area contributed by atoms with E-state index in [1.165, 1.54) is 19.3 Å². The van der Waals surface area contributed by atoms with E-state index in [0.29, 0.717) is 13.2 Å². The topological polar surface area (TPSA) is 32.7 Å². The molecule has 2 saturated heterocycles. The Labute approximate surface area is 79.7 Å². The maximum Gasteiger partial charge on any atom is 0.117 e. The van der Waals surface area contributed by atoms with Gasteiger partial charge in [0.15, 0.2) is 0 Å². The lowest BCUT2D eigenvalue weighted by Crippen LogP contribution is -2.57. The van der Waals surface area contributed by atoms with Crippen molar-refractivity contribution in [2.45, 2.75) is 32.4 Å². The van der Waals surface area contributed by atoms with Crippen LogP contribution >= 0.6 is 0 Å². The van der Waals surface area contributed by atoms with Gasteiger partial charge >= 0.3 is 0 Å². The summed E-state index contributed by atoms with van der Waals surface area (Å²) in [6.45, 7) is 5.64. The van der Waals surface area contributed by atoms with Gasteiger partial charge in [-0.3, -0.25) is 4.90 Å². The molecule has 0 amide bonds. The molecular weight excluding hydrogens is 166 g/mol. The Bertz CT molecular complexity index is 174. The molecule has 2 aliphatic heterocycles. The van der Waals surface area contributed by atoms with Crippen molar-refractivity contribution in [2.24, 2.45) is 5.41 Å². The number of likely N-dealkylation sites (tertiary alicyclic amines) is 1. The van der Waals surface area contributed by atoms with Crippen LogP contribution in [0.15, 0.2) is 0 Å². The molecule has 0 saturated carbocycles. The van der Waals surface area contributed by atoms with Gasteiger partial charge in [-0.15, -0.1) is 0 Å². The third-order valence-electron chi connectivity index (χ3n) is 3.22. The van der Waals surface area contributed by atoms with Gasteiger partial charge in [0, 0.05) is 13.1 Å². The average Bonchev–Trinajstić information content (AvgIpc) is 2.14. The van der Waals surface area contributed by atoms with E-state index in [4.69, 9.17) is 4.74 Å². The second-order valence-electron chi connectivity index (χ2n) is 4.62. The van der Waals surface area contributed by atoms with Crippen molar-refractivity contribution in [2.75, 3.05) is 26.3 Å². The van der Waals surface area contributed by atoms with Crippen LogP contribution in [0.4, 0.5) is 0 Å². The molecule has 2 fully saturated rings. The number of aliphatic hydroxyl groups excluding tert-OH is 1. The zero-order chi connectivity index (χ0) is 9.31. The fraction of sp³-hybridized carbons (Fsp3) is 1.00. The van der Waals surface area contributed by atoms with Gasteiger partial charge in [0.2, 0.25) is 0 Å². The molecule has 3 nitrogen and oxygen atoms in total. The highest BCUT2D eigenvalue weighted by Crippen LogP contribution is 2.33. The van der Waals surface area contributed by atoms with Gasteiger partial charge in [0.05, 0.1) is 18.6 Å². The highest BCUT2D eigenvalue weighted by Gasteiger charge is 2.43. The Balaban J connectivity index is 1.90. The van der Waals surface area contributed by atoms with E-state index in [9.17, 15) is 5.11 Å². The van der Waals surface area contributed by atoms with Crippen molar-refractivity contribution < 1.29 is 9.84 Å². The van der Waals surface area contributed by atoms with Crippen LogP contribution in [0.3, 0.4) is 0 Å². The first-order valence-corrected chi connectivity index (χ1v) is 5.22. The third kappa shape index (κ3) is 1.73. The van der Waals surface area contributed by atoms with Crippen molar-refractivity contribution >= 4 is 0 Å². The molecule has 0 bridgehead atoms. The predicted octanol–water partition coefficient (Wildman–Crippen LogP) is 0.827. The predicted molar refractivity (Wildman–Crippen MR) is 50.4 cm³/mol. The zero-order valence-corrected chi connectivity index (χ0v) is 8.33. The van der Waals surface area contributed by atoms with Gasteiger partial charge in [-0.05, 0) is 12.8 Å². The van der Waals surface area contributed by atoms with Crippen LogP contribution in [0.25, 0.3) is 0 Å². The average molecular weight is 185 g/mol. The van der Waals surface area contributed by atoms with E-state index < -0.39 is 0 Å². The lowest BCUT2D eigenvalue weighted by molar-refractivity contribution is -0.208. The molecule has 2 heterocycles. The molecule has 1 unspecified atom stereocenters. The molecule has 0 aliphatic carbocycles. The second-order valence-corrected chi connectivity index (χ2v) is 4.62. The maximum atomic E-state index is 10.1. The minimum absolute atomic E-state index is 0.00264. The van der Waals surface area contributed by atoms with E-state index in [0.717, 1.165) is 13.1 Å². The summed E-state index contributed by atoms with van der Waals surface area (Å²) in [7, 11) is 0. The fourth-order valence-electron chi connectivity index (χ4n) is 2.18. The Morgan fingerprint density at radius 2 is 1.85 bits per heavy atom. The van der Waals surface area contributed by atoms with E-state index in [2.05, 4.69) is 11.8 Å². The number of nitrogens with zero attached hydrogens (tertiary/aromatic N) is 1. The zero-order valence-electron chi connectivity index (χ0n) is 8.33. The molecule has 0 spiro atoms. The molecule has 2 aliphatic rings. The minimum Gasteiger partial charge on any atom is -0.380 e. The first-order valence-electron chi connectivity index (χ1n) is 5.22. The summed E-state index contributed by atoms with van der Waals surface area (Å²) < 4.78 is 5.16. The Hall–Kier alpha value is -0.120. The normalized spacial score (nSPS) is 30.9. The summed E-state index contributed by atoms with van der Waals surface area (Å²) in [6.07, 6.45) is 3.49. The number of hydrogen-bond donors (Lipinski definition) is 1. The molecule has 2 rings (SSSR count). The highest BCUT2D eigenvalue weighted by molar-refractivity contribution is 4.88. The summed E-state index contributed by atoms with van der Waals surface area (Å²) in [5.41, 5.74) is -0.00264. The monoisotopic (exact) mass is 185 g/mol. The first kappa shape index (κ1) is 9.44. The van der Waals surface area contributed by atoms with Crippen molar-refractivity contribution in [3.63, 3.8) is 0 Å².